The number of nitrogens with zero attached hydrogens (tertiary/aromatic N) is 1. The minimum atomic E-state index is -3.60. The maximum absolute atomic E-state index is 12.2. The van der Waals surface area contributed by atoms with Gasteiger partial charge in [-0.1, -0.05) is 20.8 Å². The monoisotopic (exact) mass is 405 g/mol. The molecule has 0 saturated carbocycles. The van der Waals surface area contributed by atoms with E-state index in [0.717, 1.165) is 9.26 Å². The number of sulfonamides is 1. The van der Waals surface area contributed by atoms with E-state index in [1.807, 2.05) is 20.8 Å². The lowest BCUT2D eigenvalue weighted by Crippen LogP contribution is -2.13. The molecule has 0 radical (unpaired) electrons. The molecular formula is C13H16IN3O2S. The third-order valence-electron chi connectivity index (χ3n) is 2.75. The van der Waals surface area contributed by atoms with E-state index in [1.165, 1.54) is 0 Å². The molecule has 0 spiro atoms. The standard InChI is InChI=1S/C13H16IN3O2S/c1-13(2,3)11-8-12(16-15-11)17-20(18,19)10-6-4-9(14)5-7-10/h4-8H,1-3H3,(H2,15,16,17). The molecule has 2 aromatic rings. The number of rotatable bonds is 3. The van der Waals surface area contributed by atoms with Crippen molar-refractivity contribution in [1.82, 2.24) is 10.2 Å². The highest BCUT2D eigenvalue weighted by Gasteiger charge is 2.20. The van der Waals surface area contributed by atoms with Crippen molar-refractivity contribution in [2.75, 3.05) is 4.72 Å². The molecule has 20 heavy (non-hydrogen) atoms. The van der Waals surface area contributed by atoms with Crippen LogP contribution in [0.25, 0.3) is 0 Å². The van der Waals surface area contributed by atoms with Crippen LogP contribution in [0.5, 0.6) is 0 Å². The first-order valence-electron chi connectivity index (χ1n) is 6.03. The van der Waals surface area contributed by atoms with Crippen LogP contribution in [0, 0.1) is 3.57 Å². The van der Waals surface area contributed by atoms with Crippen molar-refractivity contribution in [2.45, 2.75) is 31.1 Å². The van der Waals surface area contributed by atoms with Crippen molar-refractivity contribution in [3.05, 3.63) is 39.6 Å². The van der Waals surface area contributed by atoms with Crippen LogP contribution >= 0.6 is 22.6 Å². The summed E-state index contributed by atoms with van der Waals surface area (Å²) in [4.78, 5) is 0.221. The fourth-order valence-electron chi connectivity index (χ4n) is 1.57. The lowest BCUT2D eigenvalue weighted by Gasteiger charge is -2.14. The van der Waals surface area contributed by atoms with Crippen molar-refractivity contribution in [3.8, 4) is 0 Å². The van der Waals surface area contributed by atoms with Crippen molar-refractivity contribution < 1.29 is 8.42 Å². The van der Waals surface area contributed by atoms with E-state index >= 15 is 0 Å². The second-order valence-electron chi connectivity index (χ2n) is 5.48. The molecule has 0 amide bonds. The van der Waals surface area contributed by atoms with Gasteiger partial charge in [-0.05, 0) is 46.9 Å². The lowest BCUT2D eigenvalue weighted by molar-refractivity contribution is 0.567. The van der Waals surface area contributed by atoms with Crippen LogP contribution in [0.15, 0.2) is 35.2 Å². The highest BCUT2D eigenvalue weighted by molar-refractivity contribution is 14.1. The number of hydrogen-bond donors (Lipinski definition) is 2. The number of nitrogens with one attached hydrogen (secondary N) is 2. The predicted molar refractivity (Wildman–Crippen MR) is 87.3 cm³/mol. The molecule has 0 saturated heterocycles. The van der Waals surface area contributed by atoms with E-state index in [9.17, 15) is 8.42 Å². The van der Waals surface area contributed by atoms with Crippen LogP contribution in [-0.2, 0) is 15.4 Å². The number of H-pyrrole nitrogens is 1. The van der Waals surface area contributed by atoms with E-state index in [2.05, 4.69) is 37.5 Å². The summed E-state index contributed by atoms with van der Waals surface area (Å²) in [5.74, 6) is 0.300. The maximum atomic E-state index is 12.2. The highest BCUT2D eigenvalue weighted by atomic mass is 127. The van der Waals surface area contributed by atoms with Gasteiger partial charge in [0.25, 0.3) is 10.0 Å². The second kappa shape index (κ2) is 5.36. The zero-order chi connectivity index (χ0) is 15.0. The molecule has 1 aromatic heterocycles. The van der Waals surface area contributed by atoms with Crippen molar-refractivity contribution in [2.24, 2.45) is 0 Å². The summed E-state index contributed by atoms with van der Waals surface area (Å²) >= 11 is 2.13. The van der Waals surface area contributed by atoms with Crippen LogP contribution in [0.2, 0.25) is 0 Å². The number of aromatic nitrogens is 2. The Morgan fingerprint density at radius 1 is 1.20 bits per heavy atom. The molecule has 0 atom stereocenters. The average Bonchev–Trinajstić information content (AvgIpc) is 2.77. The van der Waals surface area contributed by atoms with Gasteiger partial charge in [0.15, 0.2) is 5.82 Å². The van der Waals surface area contributed by atoms with E-state index in [1.54, 1.807) is 30.3 Å². The molecule has 7 heteroatoms. The first-order chi connectivity index (χ1) is 9.18. The van der Waals surface area contributed by atoms with E-state index in [0.29, 0.717) is 5.82 Å². The van der Waals surface area contributed by atoms with Crippen LogP contribution in [0.3, 0.4) is 0 Å². The molecule has 5 nitrogen and oxygen atoms in total. The van der Waals surface area contributed by atoms with Gasteiger partial charge in [-0.3, -0.25) is 9.82 Å². The minimum Gasteiger partial charge on any atom is -0.280 e. The van der Waals surface area contributed by atoms with Gasteiger partial charge in [0.2, 0.25) is 0 Å². The summed E-state index contributed by atoms with van der Waals surface area (Å²) in [5.41, 5.74) is 0.761. The molecule has 0 aliphatic heterocycles. The second-order valence-corrected chi connectivity index (χ2v) is 8.40. The number of aromatic amines is 1. The van der Waals surface area contributed by atoms with Gasteiger partial charge in [-0.25, -0.2) is 8.42 Å². The zero-order valence-electron chi connectivity index (χ0n) is 11.4. The fourth-order valence-corrected chi connectivity index (χ4v) is 2.92. The fraction of sp³-hybridized carbons (Fsp3) is 0.308. The van der Waals surface area contributed by atoms with Crippen LogP contribution in [-0.4, -0.2) is 18.6 Å². The Kier molecular flexibility index (Phi) is 4.10. The molecule has 0 unspecified atom stereocenters. The number of hydrogen-bond acceptors (Lipinski definition) is 3. The number of anilines is 1. The summed E-state index contributed by atoms with van der Waals surface area (Å²) in [6.07, 6.45) is 0. The van der Waals surface area contributed by atoms with Gasteiger partial charge in [-0.2, -0.15) is 5.10 Å². The van der Waals surface area contributed by atoms with Gasteiger partial charge in [-0.15, -0.1) is 0 Å². The Morgan fingerprint density at radius 3 is 2.30 bits per heavy atom. The number of halogens is 1. The Morgan fingerprint density at radius 2 is 1.80 bits per heavy atom. The van der Waals surface area contributed by atoms with Crippen LogP contribution < -0.4 is 4.72 Å². The molecule has 0 aliphatic carbocycles. The molecule has 108 valence electrons. The summed E-state index contributed by atoms with van der Waals surface area (Å²) < 4.78 is 27.9. The highest BCUT2D eigenvalue weighted by Crippen LogP contribution is 2.23. The molecule has 0 aliphatic rings. The summed E-state index contributed by atoms with van der Waals surface area (Å²) in [6.45, 7) is 6.08. The summed E-state index contributed by atoms with van der Waals surface area (Å²) in [6, 6.07) is 8.35. The van der Waals surface area contributed by atoms with E-state index in [-0.39, 0.29) is 10.3 Å². The topological polar surface area (TPSA) is 74.8 Å². The summed E-state index contributed by atoms with van der Waals surface area (Å²) in [5, 5.41) is 6.84. The van der Waals surface area contributed by atoms with Gasteiger partial charge in [0, 0.05) is 20.7 Å². The van der Waals surface area contributed by atoms with Crippen molar-refractivity contribution in [3.63, 3.8) is 0 Å². The van der Waals surface area contributed by atoms with Gasteiger partial charge in [0.1, 0.15) is 0 Å². The molecule has 1 heterocycles. The van der Waals surface area contributed by atoms with Crippen molar-refractivity contribution in [1.29, 1.82) is 0 Å². The Labute approximate surface area is 132 Å². The minimum absolute atomic E-state index is 0.112. The number of benzene rings is 1. The van der Waals surface area contributed by atoms with Gasteiger partial charge >= 0.3 is 0 Å². The Hall–Kier alpha value is -1.09. The predicted octanol–water partition coefficient (Wildman–Crippen LogP) is 3.11. The van der Waals surface area contributed by atoms with E-state index < -0.39 is 10.0 Å². The van der Waals surface area contributed by atoms with Gasteiger partial charge in [0.05, 0.1) is 4.90 Å². The smallest absolute Gasteiger partial charge is 0.263 e. The average molecular weight is 405 g/mol. The van der Waals surface area contributed by atoms with Crippen LogP contribution in [0.4, 0.5) is 5.82 Å². The van der Waals surface area contributed by atoms with Gasteiger partial charge < -0.3 is 0 Å². The van der Waals surface area contributed by atoms with Crippen LogP contribution in [0.1, 0.15) is 26.5 Å². The maximum Gasteiger partial charge on any atom is 0.263 e. The zero-order valence-corrected chi connectivity index (χ0v) is 14.4. The molecular weight excluding hydrogens is 389 g/mol. The third-order valence-corrected chi connectivity index (χ3v) is 4.84. The van der Waals surface area contributed by atoms with E-state index in [4.69, 9.17) is 0 Å². The lowest BCUT2D eigenvalue weighted by atomic mass is 9.92. The first-order valence-corrected chi connectivity index (χ1v) is 8.59. The van der Waals surface area contributed by atoms with Crippen molar-refractivity contribution >= 4 is 38.4 Å². The molecule has 0 fully saturated rings. The molecule has 2 rings (SSSR count). The Bertz CT molecular complexity index is 700. The SMILES string of the molecule is CC(C)(C)c1cc(NS(=O)(=O)c2ccc(I)cc2)n[nH]1. The molecule has 1 aromatic carbocycles. The molecule has 0 bridgehead atoms. The Balaban J connectivity index is 2.25. The summed E-state index contributed by atoms with van der Waals surface area (Å²) in [7, 11) is -3.60. The normalized spacial score (nSPS) is 12.4. The first kappa shape index (κ1) is 15.3. The quantitative estimate of drug-likeness (QED) is 0.771. The third kappa shape index (κ3) is 3.51. The largest absolute Gasteiger partial charge is 0.280 e. The molecule has 2 N–H and O–H groups in total.